The van der Waals surface area contributed by atoms with Crippen LogP contribution in [0, 0.1) is 6.92 Å². The second kappa shape index (κ2) is 4.24. The van der Waals surface area contributed by atoms with Crippen molar-refractivity contribution in [3.63, 3.8) is 0 Å². The normalized spacial score (nSPS) is 15.2. The molecule has 1 fully saturated rings. The SMILES string of the molecule is Cc1nc(N2CCOC2=O)cc2c(Br)cccc12. The zero-order valence-corrected chi connectivity index (χ0v) is 11.4. The van der Waals surface area contributed by atoms with Gasteiger partial charge in [-0.3, -0.25) is 4.90 Å². The smallest absolute Gasteiger partial charge is 0.415 e. The van der Waals surface area contributed by atoms with Crippen LogP contribution in [0.25, 0.3) is 10.8 Å². The molecular formula is C13H11BrN2O2. The highest BCUT2D eigenvalue weighted by Gasteiger charge is 2.25. The number of hydrogen-bond donors (Lipinski definition) is 0. The first-order valence-corrected chi connectivity index (χ1v) is 6.46. The van der Waals surface area contributed by atoms with E-state index in [2.05, 4.69) is 20.9 Å². The second-order valence-electron chi connectivity index (χ2n) is 4.17. The highest BCUT2D eigenvalue weighted by Crippen LogP contribution is 2.29. The zero-order chi connectivity index (χ0) is 12.7. The minimum absolute atomic E-state index is 0.326. The fraction of sp³-hybridized carbons (Fsp3) is 0.231. The number of hydrogen-bond acceptors (Lipinski definition) is 3. The molecule has 2 heterocycles. The predicted octanol–water partition coefficient (Wildman–Crippen LogP) is 3.26. The Bertz CT molecular complexity index is 642. The molecule has 92 valence electrons. The molecule has 0 spiro atoms. The number of aromatic nitrogens is 1. The van der Waals surface area contributed by atoms with Crippen LogP contribution >= 0.6 is 15.9 Å². The van der Waals surface area contributed by atoms with Gasteiger partial charge in [-0.15, -0.1) is 0 Å². The number of benzene rings is 1. The molecule has 0 aliphatic carbocycles. The van der Waals surface area contributed by atoms with Crippen LogP contribution in [0.3, 0.4) is 0 Å². The number of ether oxygens (including phenoxy) is 1. The van der Waals surface area contributed by atoms with Crippen molar-refractivity contribution in [1.29, 1.82) is 0 Å². The number of anilines is 1. The Hall–Kier alpha value is -1.62. The van der Waals surface area contributed by atoms with Gasteiger partial charge in [0.1, 0.15) is 12.4 Å². The van der Waals surface area contributed by atoms with Gasteiger partial charge in [0.15, 0.2) is 0 Å². The van der Waals surface area contributed by atoms with Crippen LogP contribution in [-0.4, -0.2) is 24.2 Å². The van der Waals surface area contributed by atoms with Gasteiger partial charge < -0.3 is 4.74 Å². The van der Waals surface area contributed by atoms with Gasteiger partial charge >= 0.3 is 6.09 Å². The number of carbonyl (C=O) groups is 1. The average molecular weight is 307 g/mol. The van der Waals surface area contributed by atoms with E-state index in [1.165, 1.54) is 0 Å². The molecule has 1 aromatic heterocycles. The highest BCUT2D eigenvalue weighted by atomic mass is 79.9. The minimum Gasteiger partial charge on any atom is -0.447 e. The topological polar surface area (TPSA) is 42.4 Å². The van der Waals surface area contributed by atoms with Crippen LogP contribution in [0.4, 0.5) is 10.6 Å². The molecule has 0 saturated carbocycles. The lowest BCUT2D eigenvalue weighted by atomic mass is 10.1. The zero-order valence-electron chi connectivity index (χ0n) is 9.81. The summed E-state index contributed by atoms with van der Waals surface area (Å²) in [6.07, 6.45) is -0.326. The average Bonchev–Trinajstić information content (AvgIpc) is 2.77. The number of carbonyl (C=O) groups excluding carboxylic acids is 1. The monoisotopic (exact) mass is 306 g/mol. The van der Waals surface area contributed by atoms with Crippen molar-refractivity contribution in [3.8, 4) is 0 Å². The third-order valence-electron chi connectivity index (χ3n) is 3.04. The molecule has 0 radical (unpaired) electrons. The molecule has 1 aliphatic heterocycles. The van der Waals surface area contributed by atoms with E-state index in [0.717, 1.165) is 20.9 Å². The summed E-state index contributed by atoms with van der Waals surface area (Å²) in [7, 11) is 0. The molecule has 18 heavy (non-hydrogen) atoms. The lowest BCUT2D eigenvalue weighted by molar-refractivity contribution is 0.181. The van der Waals surface area contributed by atoms with E-state index >= 15 is 0 Å². The number of pyridine rings is 1. The Kier molecular flexibility index (Phi) is 2.70. The lowest BCUT2D eigenvalue weighted by Gasteiger charge is -2.14. The van der Waals surface area contributed by atoms with Gasteiger partial charge in [0.05, 0.1) is 6.54 Å². The first-order valence-electron chi connectivity index (χ1n) is 5.67. The summed E-state index contributed by atoms with van der Waals surface area (Å²) in [5, 5.41) is 2.14. The van der Waals surface area contributed by atoms with E-state index in [1.807, 2.05) is 31.2 Å². The molecule has 0 bridgehead atoms. The van der Waals surface area contributed by atoms with Gasteiger partial charge in [-0.2, -0.15) is 0 Å². The molecule has 3 rings (SSSR count). The second-order valence-corrected chi connectivity index (χ2v) is 5.02. The van der Waals surface area contributed by atoms with E-state index in [4.69, 9.17) is 4.74 Å². The Morgan fingerprint density at radius 1 is 1.39 bits per heavy atom. The van der Waals surface area contributed by atoms with Crippen molar-refractivity contribution >= 4 is 38.6 Å². The van der Waals surface area contributed by atoms with Crippen molar-refractivity contribution in [2.24, 2.45) is 0 Å². The number of nitrogens with zero attached hydrogens (tertiary/aromatic N) is 2. The van der Waals surface area contributed by atoms with E-state index in [-0.39, 0.29) is 6.09 Å². The van der Waals surface area contributed by atoms with Crippen molar-refractivity contribution < 1.29 is 9.53 Å². The predicted molar refractivity (Wildman–Crippen MR) is 72.9 cm³/mol. The lowest BCUT2D eigenvalue weighted by Crippen LogP contribution is -2.24. The van der Waals surface area contributed by atoms with Crippen molar-refractivity contribution in [3.05, 3.63) is 34.4 Å². The molecule has 0 atom stereocenters. The van der Waals surface area contributed by atoms with Gasteiger partial charge in [-0.1, -0.05) is 28.1 Å². The summed E-state index contributed by atoms with van der Waals surface area (Å²) < 4.78 is 5.94. The summed E-state index contributed by atoms with van der Waals surface area (Å²) in [6.45, 7) is 2.93. The first-order chi connectivity index (χ1) is 8.66. The van der Waals surface area contributed by atoms with E-state index in [9.17, 15) is 4.79 Å². The summed E-state index contributed by atoms with van der Waals surface area (Å²) in [4.78, 5) is 17.6. The number of fused-ring (bicyclic) bond motifs is 1. The van der Waals surface area contributed by atoms with Gasteiger partial charge in [0.2, 0.25) is 0 Å². The summed E-state index contributed by atoms with van der Waals surface area (Å²) >= 11 is 3.53. The van der Waals surface area contributed by atoms with Gasteiger partial charge in [-0.25, -0.2) is 9.78 Å². The maximum absolute atomic E-state index is 11.6. The van der Waals surface area contributed by atoms with Crippen LogP contribution in [0.2, 0.25) is 0 Å². The summed E-state index contributed by atoms with van der Waals surface area (Å²) in [5.41, 5.74) is 0.906. The van der Waals surface area contributed by atoms with E-state index in [0.29, 0.717) is 19.0 Å². The van der Waals surface area contributed by atoms with Crippen molar-refractivity contribution in [2.45, 2.75) is 6.92 Å². The third kappa shape index (κ3) is 1.75. The Morgan fingerprint density at radius 3 is 2.94 bits per heavy atom. The Labute approximate surface area is 113 Å². The standard InChI is InChI=1S/C13H11BrN2O2/c1-8-9-3-2-4-11(14)10(9)7-12(15-8)16-5-6-18-13(16)17/h2-4,7H,5-6H2,1H3. The van der Waals surface area contributed by atoms with Crippen LogP contribution < -0.4 is 4.90 Å². The molecule has 1 amide bonds. The first kappa shape index (κ1) is 11.5. The maximum atomic E-state index is 11.6. The largest absolute Gasteiger partial charge is 0.447 e. The van der Waals surface area contributed by atoms with Crippen LogP contribution in [-0.2, 0) is 4.74 Å². The summed E-state index contributed by atoms with van der Waals surface area (Å²) in [5.74, 6) is 0.648. The van der Waals surface area contributed by atoms with Crippen LogP contribution in [0.15, 0.2) is 28.7 Å². The van der Waals surface area contributed by atoms with E-state index in [1.54, 1.807) is 4.90 Å². The highest BCUT2D eigenvalue weighted by molar-refractivity contribution is 9.10. The summed E-state index contributed by atoms with van der Waals surface area (Å²) in [6, 6.07) is 7.90. The molecule has 0 unspecified atom stereocenters. The number of aryl methyl sites for hydroxylation is 1. The molecule has 5 heteroatoms. The van der Waals surface area contributed by atoms with Gasteiger partial charge in [0.25, 0.3) is 0 Å². The molecule has 1 aliphatic rings. The fourth-order valence-electron chi connectivity index (χ4n) is 2.13. The van der Waals surface area contributed by atoms with E-state index < -0.39 is 0 Å². The molecule has 4 nitrogen and oxygen atoms in total. The van der Waals surface area contributed by atoms with Crippen LogP contribution in [0.5, 0.6) is 0 Å². The quantitative estimate of drug-likeness (QED) is 0.812. The number of halogens is 1. The number of amides is 1. The number of cyclic esters (lactones) is 1. The van der Waals surface area contributed by atoms with Gasteiger partial charge in [-0.05, 0) is 19.1 Å². The third-order valence-corrected chi connectivity index (χ3v) is 3.73. The maximum Gasteiger partial charge on any atom is 0.415 e. The van der Waals surface area contributed by atoms with Crippen LogP contribution in [0.1, 0.15) is 5.69 Å². The molecule has 1 saturated heterocycles. The van der Waals surface area contributed by atoms with Crippen molar-refractivity contribution in [1.82, 2.24) is 4.98 Å². The molecule has 1 aromatic carbocycles. The molecular weight excluding hydrogens is 296 g/mol. The minimum atomic E-state index is -0.326. The molecule has 2 aromatic rings. The Balaban J connectivity index is 2.20. The fourth-order valence-corrected chi connectivity index (χ4v) is 2.61. The number of rotatable bonds is 1. The van der Waals surface area contributed by atoms with Gasteiger partial charge in [0, 0.05) is 20.9 Å². The Morgan fingerprint density at radius 2 is 2.22 bits per heavy atom. The van der Waals surface area contributed by atoms with Crippen molar-refractivity contribution in [2.75, 3.05) is 18.1 Å². The molecule has 0 N–H and O–H groups in total.